The maximum absolute atomic E-state index is 12.1. The fraction of sp³-hybridized carbons (Fsp3) is 0.526. The fourth-order valence-electron chi connectivity index (χ4n) is 2.18. The summed E-state index contributed by atoms with van der Waals surface area (Å²) in [5.74, 6) is 0. The Kier molecular flexibility index (Phi) is 7.83. The molecule has 2 unspecified atom stereocenters. The van der Waals surface area contributed by atoms with Crippen LogP contribution in [0.4, 0.5) is 4.79 Å². The van der Waals surface area contributed by atoms with E-state index in [1.165, 1.54) is 0 Å². The van der Waals surface area contributed by atoms with Crippen molar-refractivity contribution >= 4 is 6.09 Å². The molecule has 0 aliphatic rings. The van der Waals surface area contributed by atoms with Crippen molar-refractivity contribution in [2.75, 3.05) is 6.54 Å². The highest BCUT2D eigenvalue weighted by Gasteiger charge is 2.20. The second-order valence-electron chi connectivity index (χ2n) is 6.78. The minimum atomic E-state index is -0.504. The lowest BCUT2D eigenvalue weighted by atomic mass is 10.1. The Balaban J connectivity index is 2.67. The largest absolute Gasteiger partial charge is 0.444 e. The van der Waals surface area contributed by atoms with Crippen LogP contribution in [-0.4, -0.2) is 24.3 Å². The van der Waals surface area contributed by atoms with Crippen LogP contribution >= 0.6 is 0 Å². The van der Waals surface area contributed by atoms with Gasteiger partial charge in [-0.05, 0) is 46.1 Å². The number of alkyl carbamates (subject to hydrolysis) is 1. The minimum Gasteiger partial charge on any atom is -0.444 e. The van der Waals surface area contributed by atoms with Crippen LogP contribution < -0.4 is 10.6 Å². The normalized spacial score (nSPS) is 13.9. The molecule has 23 heavy (non-hydrogen) atoms. The number of allylic oxidation sites excluding steroid dienone is 1. The zero-order chi connectivity index (χ0) is 17.3. The Bertz CT molecular complexity index is 480. The molecule has 1 aromatic carbocycles. The van der Waals surface area contributed by atoms with Crippen LogP contribution in [0.25, 0.3) is 0 Å². The summed E-state index contributed by atoms with van der Waals surface area (Å²) >= 11 is 0. The summed E-state index contributed by atoms with van der Waals surface area (Å²) in [5.41, 5.74) is 0.553. The first-order valence-corrected chi connectivity index (χ1v) is 8.20. The smallest absolute Gasteiger partial charge is 0.408 e. The predicted molar refractivity (Wildman–Crippen MR) is 95.4 cm³/mol. The van der Waals surface area contributed by atoms with Crippen molar-refractivity contribution in [3.8, 4) is 0 Å². The Morgan fingerprint density at radius 3 is 2.52 bits per heavy atom. The van der Waals surface area contributed by atoms with Crippen molar-refractivity contribution in [2.24, 2.45) is 0 Å². The quantitative estimate of drug-likeness (QED) is 0.706. The zero-order valence-electron chi connectivity index (χ0n) is 14.8. The summed E-state index contributed by atoms with van der Waals surface area (Å²) in [6, 6.07) is 10.2. The number of benzene rings is 1. The number of hydrogen-bond donors (Lipinski definition) is 2. The summed E-state index contributed by atoms with van der Waals surface area (Å²) in [6.07, 6.45) is 3.53. The SMILES string of the molecule is C=CCCC(C)NCC(NC(=O)OC(C)(C)C)c1ccccc1. The standard InChI is InChI=1S/C19H30N2O2/c1-6-7-11-15(2)20-14-17(16-12-9-8-10-13-16)21-18(22)23-19(3,4)5/h6,8-10,12-13,15,17,20H,1,7,11,14H2,2-5H3,(H,21,22). The molecule has 1 rings (SSSR count). The van der Waals surface area contributed by atoms with Crippen LogP contribution in [0.5, 0.6) is 0 Å². The van der Waals surface area contributed by atoms with E-state index in [1.54, 1.807) is 0 Å². The maximum Gasteiger partial charge on any atom is 0.408 e. The van der Waals surface area contributed by atoms with E-state index in [0.717, 1.165) is 18.4 Å². The zero-order valence-corrected chi connectivity index (χ0v) is 14.8. The van der Waals surface area contributed by atoms with Crippen LogP contribution in [0.2, 0.25) is 0 Å². The van der Waals surface area contributed by atoms with E-state index in [-0.39, 0.29) is 6.04 Å². The molecule has 0 aliphatic heterocycles. The Morgan fingerprint density at radius 1 is 1.30 bits per heavy atom. The van der Waals surface area contributed by atoms with Crippen molar-refractivity contribution in [1.82, 2.24) is 10.6 Å². The molecule has 0 spiro atoms. The Labute approximate surface area is 140 Å². The molecule has 0 heterocycles. The summed E-state index contributed by atoms with van der Waals surface area (Å²) in [6.45, 7) is 12.1. The van der Waals surface area contributed by atoms with Gasteiger partial charge in [0.15, 0.2) is 0 Å². The van der Waals surface area contributed by atoms with E-state index in [2.05, 4.69) is 24.1 Å². The number of rotatable bonds is 8. The third-order valence-electron chi connectivity index (χ3n) is 3.37. The molecule has 0 radical (unpaired) electrons. The molecule has 0 saturated carbocycles. The van der Waals surface area contributed by atoms with E-state index < -0.39 is 11.7 Å². The van der Waals surface area contributed by atoms with E-state index >= 15 is 0 Å². The predicted octanol–water partition coefficient (Wildman–Crippen LogP) is 4.20. The Morgan fingerprint density at radius 2 is 1.96 bits per heavy atom. The molecule has 1 amide bonds. The van der Waals surface area contributed by atoms with Crippen molar-refractivity contribution in [1.29, 1.82) is 0 Å². The molecule has 1 aromatic rings. The number of nitrogens with one attached hydrogen (secondary N) is 2. The van der Waals surface area contributed by atoms with Crippen molar-refractivity contribution in [3.63, 3.8) is 0 Å². The molecular weight excluding hydrogens is 288 g/mol. The van der Waals surface area contributed by atoms with Gasteiger partial charge >= 0.3 is 6.09 Å². The van der Waals surface area contributed by atoms with Gasteiger partial charge in [0.1, 0.15) is 5.60 Å². The molecule has 0 saturated heterocycles. The monoisotopic (exact) mass is 318 g/mol. The molecule has 4 nitrogen and oxygen atoms in total. The van der Waals surface area contributed by atoms with Crippen molar-refractivity contribution in [2.45, 2.75) is 58.2 Å². The first-order valence-electron chi connectivity index (χ1n) is 8.20. The number of ether oxygens (including phenoxy) is 1. The summed E-state index contributed by atoms with van der Waals surface area (Å²) < 4.78 is 5.37. The van der Waals surface area contributed by atoms with E-state index in [0.29, 0.717) is 12.6 Å². The van der Waals surface area contributed by atoms with Crippen LogP contribution in [0, 0.1) is 0 Å². The highest BCUT2D eigenvalue weighted by atomic mass is 16.6. The second-order valence-corrected chi connectivity index (χ2v) is 6.78. The van der Waals surface area contributed by atoms with E-state index in [4.69, 9.17) is 4.74 Å². The van der Waals surface area contributed by atoms with Gasteiger partial charge in [0.25, 0.3) is 0 Å². The summed E-state index contributed by atoms with van der Waals surface area (Å²) in [4.78, 5) is 12.1. The topological polar surface area (TPSA) is 50.4 Å². The average molecular weight is 318 g/mol. The molecule has 0 bridgehead atoms. The lowest BCUT2D eigenvalue weighted by Crippen LogP contribution is -2.41. The van der Waals surface area contributed by atoms with Gasteiger partial charge in [-0.2, -0.15) is 0 Å². The van der Waals surface area contributed by atoms with Crippen molar-refractivity contribution in [3.05, 3.63) is 48.6 Å². The van der Waals surface area contributed by atoms with Crippen LogP contribution in [-0.2, 0) is 4.74 Å². The molecule has 4 heteroatoms. The van der Waals surface area contributed by atoms with Gasteiger partial charge in [0.2, 0.25) is 0 Å². The van der Waals surface area contributed by atoms with Gasteiger partial charge < -0.3 is 15.4 Å². The highest BCUT2D eigenvalue weighted by molar-refractivity contribution is 5.68. The Hall–Kier alpha value is -1.81. The van der Waals surface area contributed by atoms with Gasteiger partial charge in [-0.15, -0.1) is 6.58 Å². The lowest BCUT2D eigenvalue weighted by molar-refractivity contribution is 0.0502. The number of carbonyl (C=O) groups excluding carboxylic acids is 1. The molecule has 2 atom stereocenters. The number of hydrogen-bond acceptors (Lipinski definition) is 3. The highest BCUT2D eigenvalue weighted by Crippen LogP contribution is 2.14. The van der Waals surface area contributed by atoms with Gasteiger partial charge in [-0.25, -0.2) is 4.79 Å². The molecular formula is C19H30N2O2. The van der Waals surface area contributed by atoms with Crippen molar-refractivity contribution < 1.29 is 9.53 Å². The molecule has 0 aliphatic carbocycles. The molecule has 2 N–H and O–H groups in total. The number of carbonyl (C=O) groups is 1. The van der Waals surface area contributed by atoms with Gasteiger partial charge in [0, 0.05) is 12.6 Å². The van der Waals surface area contributed by atoms with Crippen LogP contribution in [0.3, 0.4) is 0 Å². The van der Waals surface area contributed by atoms with Gasteiger partial charge in [-0.3, -0.25) is 0 Å². The van der Waals surface area contributed by atoms with E-state index in [9.17, 15) is 4.79 Å². The average Bonchev–Trinajstić information content (AvgIpc) is 2.48. The van der Waals surface area contributed by atoms with Crippen LogP contribution in [0.15, 0.2) is 43.0 Å². The summed E-state index contributed by atoms with van der Waals surface area (Å²) in [7, 11) is 0. The first-order chi connectivity index (χ1) is 10.8. The van der Waals surface area contributed by atoms with E-state index in [1.807, 2.05) is 57.2 Å². The minimum absolute atomic E-state index is 0.128. The lowest BCUT2D eigenvalue weighted by Gasteiger charge is -2.25. The van der Waals surface area contributed by atoms with Gasteiger partial charge in [0.05, 0.1) is 6.04 Å². The summed E-state index contributed by atoms with van der Waals surface area (Å²) in [5, 5.41) is 6.42. The third kappa shape index (κ3) is 8.41. The molecule has 0 aromatic heterocycles. The number of amides is 1. The van der Waals surface area contributed by atoms with Gasteiger partial charge in [-0.1, -0.05) is 36.4 Å². The third-order valence-corrected chi connectivity index (χ3v) is 3.37. The van der Waals surface area contributed by atoms with Crippen LogP contribution in [0.1, 0.15) is 52.1 Å². The molecule has 128 valence electrons. The second kappa shape index (κ2) is 9.36. The maximum atomic E-state index is 12.1. The fourth-order valence-corrected chi connectivity index (χ4v) is 2.18. The molecule has 0 fully saturated rings. The first kappa shape index (κ1) is 19.2.